The molecule has 0 spiro atoms. The third-order valence-corrected chi connectivity index (χ3v) is 2.68. The first-order valence-electron chi connectivity index (χ1n) is 5.44. The lowest BCUT2D eigenvalue weighted by molar-refractivity contribution is -0.138. The minimum Gasteiger partial charge on any atom is -0.462 e. The number of rotatable bonds is 4. The van der Waals surface area contributed by atoms with Crippen LogP contribution in [0.3, 0.4) is 0 Å². The normalized spacial score (nSPS) is 11.8. The summed E-state index contributed by atoms with van der Waals surface area (Å²) < 4.78 is 5.97. The maximum Gasteiger partial charge on any atom is 0.337 e. The number of carbonyl (C=O) groups is 1. The van der Waals surface area contributed by atoms with Crippen LogP contribution < -0.4 is 0 Å². The van der Waals surface area contributed by atoms with Crippen LogP contribution in [0.5, 0.6) is 0 Å². The summed E-state index contributed by atoms with van der Waals surface area (Å²) in [6.07, 6.45) is 5.40. The lowest BCUT2D eigenvalue weighted by Gasteiger charge is -2.01. The molecule has 3 heteroatoms. The van der Waals surface area contributed by atoms with E-state index in [0.29, 0.717) is 12.2 Å². The van der Waals surface area contributed by atoms with Crippen molar-refractivity contribution >= 4 is 28.0 Å². The van der Waals surface area contributed by atoms with E-state index < -0.39 is 0 Å². The highest BCUT2D eigenvalue weighted by Gasteiger charge is 2.04. The number of allylic oxidation sites excluding steroid dienone is 1. The summed E-state index contributed by atoms with van der Waals surface area (Å²) in [5.41, 5.74) is 1.60. The van der Waals surface area contributed by atoms with Gasteiger partial charge in [-0.2, -0.15) is 0 Å². The van der Waals surface area contributed by atoms with Gasteiger partial charge >= 0.3 is 5.97 Å². The van der Waals surface area contributed by atoms with Gasteiger partial charge in [-0.25, -0.2) is 4.79 Å². The maximum absolute atomic E-state index is 11.5. The fraction of sp³-hybridized carbons (Fsp3) is 0.214. The van der Waals surface area contributed by atoms with Gasteiger partial charge in [-0.15, -0.1) is 0 Å². The first kappa shape index (κ1) is 13.7. The van der Waals surface area contributed by atoms with Crippen molar-refractivity contribution in [2.75, 3.05) is 6.61 Å². The molecule has 0 aliphatic carbocycles. The number of ether oxygens (including phenoxy) is 1. The Morgan fingerprint density at radius 2 is 2.00 bits per heavy atom. The van der Waals surface area contributed by atoms with Crippen LogP contribution in [0.25, 0.3) is 6.08 Å². The molecule has 0 heterocycles. The number of halogens is 1. The topological polar surface area (TPSA) is 26.3 Å². The lowest BCUT2D eigenvalue weighted by atomic mass is 10.1. The second-order valence-electron chi connectivity index (χ2n) is 3.35. The molecule has 0 saturated carbocycles. The molecule has 0 aliphatic rings. The van der Waals surface area contributed by atoms with Gasteiger partial charge in [0, 0.05) is 4.47 Å². The van der Waals surface area contributed by atoms with Crippen LogP contribution in [0.1, 0.15) is 19.4 Å². The van der Waals surface area contributed by atoms with Crippen LogP contribution in [0.4, 0.5) is 0 Å². The summed E-state index contributed by atoms with van der Waals surface area (Å²) in [5, 5.41) is 0. The van der Waals surface area contributed by atoms with Crippen LogP contribution >= 0.6 is 15.9 Å². The van der Waals surface area contributed by atoms with E-state index in [1.807, 2.05) is 37.3 Å². The third kappa shape index (κ3) is 4.57. The largest absolute Gasteiger partial charge is 0.462 e. The number of hydrogen-bond donors (Lipinski definition) is 0. The van der Waals surface area contributed by atoms with Crippen molar-refractivity contribution < 1.29 is 9.53 Å². The molecular weight excluding hydrogens is 280 g/mol. The predicted molar refractivity (Wildman–Crippen MR) is 73.6 cm³/mol. The van der Waals surface area contributed by atoms with Crippen LogP contribution in [0.2, 0.25) is 0 Å². The Balaban J connectivity index is 2.75. The highest BCUT2D eigenvalue weighted by atomic mass is 79.9. The molecule has 1 rings (SSSR count). The fourth-order valence-corrected chi connectivity index (χ4v) is 1.52. The number of hydrogen-bond acceptors (Lipinski definition) is 2. The Bertz CT molecular complexity index is 430. The molecule has 0 aromatic heterocycles. The molecule has 0 radical (unpaired) electrons. The summed E-state index contributed by atoms with van der Waals surface area (Å²) in [6.45, 7) is 4.00. The summed E-state index contributed by atoms with van der Waals surface area (Å²) in [5.74, 6) is -0.289. The minimum absolute atomic E-state index is 0.289. The van der Waals surface area contributed by atoms with Gasteiger partial charge in [0.15, 0.2) is 0 Å². The molecule has 0 amide bonds. The highest BCUT2D eigenvalue weighted by Crippen LogP contribution is 2.12. The molecule has 0 bridgehead atoms. The van der Waals surface area contributed by atoms with Crippen molar-refractivity contribution in [3.05, 3.63) is 52.0 Å². The van der Waals surface area contributed by atoms with Crippen molar-refractivity contribution in [2.45, 2.75) is 13.8 Å². The Hall–Kier alpha value is -1.35. The van der Waals surface area contributed by atoms with Gasteiger partial charge in [0.1, 0.15) is 0 Å². The van der Waals surface area contributed by atoms with E-state index >= 15 is 0 Å². The molecule has 1 aromatic carbocycles. The summed E-state index contributed by atoms with van der Waals surface area (Å²) in [7, 11) is 0. The van der Waals surface area contributed by atoms with Crippen LogP contribution in [0, 0.1) is 0 Å². The first-order valence-corrected chi connectivity index (χ1v) is 6.23. The van der Waals surface area contributed by atoms with E-state index in [2.05, 4.69) is 15.9 Å². The molecule has 90 valence electrons. The summed E-state index contributed by atoms with van der Waals surface area (Å²) >= 11 is 3.37. The molecule has 0 atom stereocenters. The number of esters is 1. The van der Waals surface area contributed by atoms with Crippen LogP contribution in [-0.4, -0.2) is 12.6 Å². The van der Waals surface area contributed by atoms with Gasteiger partial charge in [-0.05, 0) is 37.6 Å². The highest BCUT2D eigenvalue weighted by molar-refractivity contribution is 9.10. The van der Waals surface area contributed by atoms with E-state index in [-0.39, 0.29) is 5.97 Å². The predicted octanol–water partition coefficient (Wildman–Crippen LogP) is 3.97. The second-order valence-corrected chi connectivity index (χ2v) is 4.27. The smallest absolute Gasteiger partial charge is 0.337 e. The van der Waals surface area contributed by atoms with Crippen molar-refractivity contribution in [2.24, 2.45) is 0 Å². The summed E-state index contributed by atoms with van der Waals surface area (Å²) in [6, 6.07) is 7.86. The maximum atomic E-state index is 11.5. The Morgan fingerprint density at radius 1 is 1.35 bits per heavy atom. The number of benzene rings is 1. The standard InChI is InChI=1S/C14H15BrO2/c1-3-12(14(16)17-4-2)8-5-11-6-9-13(15)10-7-11/h3,5-10H,4H2,1-2H3/b8-5+,12-3+. The molecule has 0 fully saturated rings. The summed E-state index contributed by atoms with van der Waals surface area (Å²) in [4.78, 5) is 11.5. The van der Waals surface area contributed by atoms with Gasteiger partial charge in [0.05, 0.1) is 12.2 Å². The third-order valence-electron chi connectivity index (χ3n) is 2.15. The molecule has 0 aliphatic heterocycles. The van der Waals surface area contributed by atoms with Gasteiger partial charge in [-0.1, -0.05) is 40.2 Å². The van der Waals surface area contributed by atoms with Crippen molar-refractivity contribution in [3.63, 3.8) is 0 Å². The Kier molecular flexibility index (Phi) is 5.70. The molecule has 0 N–H and O–H groups in total. The second kappa shape index (κ2) is 7.07. The van der Waals surface area contributed by atoms with Crippen molar-refractivity contribution in [1.29, 1.82) is 0 Å². The van der Waals surface area contributed by atoms with E-state index in [0.717, 1.165) is 10.0 Å². The molecule has 17 heavy (non-hydrogen) atoms. The van der Waals surface area contributed by atoms with E-state index in [1.165, 1.54) is 0 Å². The number of carbonyl (C=O) groups excluding carboxylic acids is 1. The van der Waals surface area contributed by atoms with Gasteiger partial charge < -0.3 is 4.74 Å². The van der Waals surface area contributed by atoms with Crippen LogP contribution in [0.15, 0.2) is 46.5 Å². The monoisotopic (exact) mass is 294 g/mol. The molecular formula is C14H15BrO2. The lowest BCUT2D eigenvalue weighted by Crippen LogP contribution is -2.05. The van der Waals surface area contributed by atoms with Crippen molar-refractivity contribution in [1.82, 2.24) is 0 Å². The van der Waals surface area contributed by atoms with E-state index in [9.17, 15) is 4.79 Å². The van der Waals surface area contributed by atoms with Gasteiger partial charge in [-0.3, -0.25) is 0 Å². The zero-order valence-electron chi connectivity index (χ0n) is 9.94. The van der Waals surface area contributed by atoms with Crippen molar-refractivity contribution in [3.8, 4) is 0 Å². The fourth-order valence-electron chi connectivity index (χ4n) is 1.26. The van der Waals surface area contributed by atoms with E-state index in [1.54, 1.807) is 19.1 Å². The molecule has 2 nitrogen and oxygen atoms in total. The average molecular weight is 295 g/mol. The molecule has 0 unspecified atom stereocenters. The Labute approximate surface area is 110 Å². The van der Waals surface area contributed by atoms with E-state index in [4.69, 9.17) is 4.74 Å². The SMILES string of the molecule is C/C=C(\C=C\c1ccc(Br)cc1)C(=O)OCC. The average Bonchev–Trinajstić information content (AvgIpc) is 2.32. The first-order chi connectivity index (χ1) is 8.17. The van der Waals surface area contributed by atoms with Crippen LogP contribution in [-0.2, 0) is 9.53 Å². The molecule has 0 saturated heterocycles. The minimum atomic E-state index is -0.289. The zero-order chi connectivity index (χ0) is 12.7. The quantitative estimate of drug-likeness (QED) is 0.477. The van der Waals surface area contributed by atoms with Gasteiger partial charge in [0.25, 0.3) is 0 Å². The molecule has 1 aromatic rings. The van der Waals surface area contributed by atoms with Gasteiger partial charge in [0.2, 0.25) is 0 Å². The Morgan fingerprint density at radius 3 is 2.53 bits per heavy atom. The zero-order valence-corrected chi connectivity index (χ0v) is 11.5.